The summed E-state index contributed by atoms with van der Waals surface area (Å²) in [6, 6.07) is 10.9. The molecule has 25 heavy (non-hydrogen) atoms. The highest BCUT2D eigenvalue weighted by atomic mass is 32.2. The molecule has 0 aromatic heterocycles. The Hall–Kier alpha value is -2.58. The zero-order valence-electron chi connectivity index (χ0n) is 13.5. The van der Waals surface area contributed by atoms with Gasteiger partial charge in [-0.05, 0) is 37.3 Å². The van der Waals surface area contributed by atoms with Crippen molar-refractivity contribution in [1.82, 2.24) is 4.72 Å². The van der Waals surface area contributed by atoms with E-state index in [0.29, 0.717) is 11.3 Å². The van der Waals surface area contributed by atoms with Crippen molar-refractivity contribution < 1.29 is 22.4 Å². The molecule has 0 aliphatic carbocycles. The molecule has 2 aromatic carbocycles. The van der Waals surface area contributed by atoms with Crippen LogP contribution in [0.2, 0.25) is 0 Å². The number of ketones is 1. The van der Waals surface area contributed by atoms with Crippen LogP contribution in [-0.4, -0.2) is 26.7 Å². The largest absolute Gasteiger partial charge is 0.326 e. The Labute approximate surface area is 145 Å². The predicted molar refractivity (Wildman–Crippen MR) is 91.3 cm³/mol. The van der Waals surface area contributed by atoms with E-state index in [9.17, 15) is 22.4 Å². The van der Waals surface area contributed by atoms with Crippen LogP contribution in [0.3, 0.4) is 0 Å². The van der Waals surface area contributed by atoms with Crippen molar-refractivity contribution in [2.75, 3.05) is 11.9 Å². The van der Waals surface area contributed by atoms with Gasteiger partial charge in [-0.2, -0.15) is 0 Å². The van der Waals surface area contributed by atoms with Crippen LogP contribution in [0, 0.1) is 5.82 Å². The van der Waals surface area contributed by atoms with E-state index in [-0.39, 0.29) is 23.6 Å². The maximum atomic E-state index is 13.0. The highest BCUT2D eigenvalue weighted by Gasteiger charge is 2.14. The van der Waals surface area contributed by atoms with Crippen molar-refractivity contribution in [2.45, 2.75) is 18.2 Å². The summed E-state index contributed by atoms with van der Waals surface area (Å²) < 4.78 is 39.6. The second-order valence-electron chi connectivity index (χ2n) is 5.29. The molecular weight excluding hydrogens is 347 g/mol. The average Bonchev–Trinajstić information content (AvgIpc) is 2.54. The fourth-order valence-electron chi connectivity index (χ4n) is 2.04. The van der Waals surface area contributed by atoms with Gasteiger partial charge in [-0.1, -0.05) is 18.2 Å². The van der Waals surface area contributed by atoms with Gasteiger partial charge < -0.3 is 5.32 Å². The van der Waals surface area contributed by atoms with E-state index >= 15 is 0 Å². The molecule has 0 saturated heterocycles. The van der Waals surface area contributed by atoms with Gasteiger partial charge in [-0.25, -0.2) is 17.5 Å². The molecular formula is C17H17FN2O4S. The number of carbonyl (C=O) groups is 2. The molecule has 1 amide bonds. The normalized spacial score (nSPS) is 11.1. The van der Waals surface area contributed by atoms with Gasteiger partial charge in [0.25, 0.3) is 0 Å². The predicted octanol–water partition coefficient (Wildman–Crippen LogP) is 2.34. The van der Waals surface area contributed by atoms with Gasteiger partial charge in [-0.15, -0.1) is 0 Å². The first-order chi connectivity index (χ1) is 11.8. The van der Waals surface area contributed by atoms with E-state index in [1.807, 2.05) is 0 Å². The molecule has 0 bridgehead atoms. The molecule has 2 N–H and O–H groups in total. The first kappa shape index (κ1) is 18.8. The molecule has 0 saturated carbocycles. The van der Waals surface area contributed by atoms with Gasteiger partial charge in [0.15, 0.2) is 5.78 Å². The van der Waals surface area contributed by atoms with Crippen LogP contribution in [0.1, 0.15) is 23.7 Å². The van der Waals surface area contributed by atoms with Crippen molar-refractivity contribution in [2.24, 2.45) is 0 Å². The highest BCUT2D eigenvalue weighted by Crippen LogP contribution is 2.12. The minimum absolute atomic E-state index is 0.00281. The molecule has 0 heterocycles. The quantitative estimate of drug-likeness (QED) is 0.738. The summed E-state index contributed by atoms with van der Waals surface area (Å²) in [5.41, 5.74) is 0.709. The standard InChI is InChI=1S/C17H17FN2O4S/c1-12(21)13-5-7-16(8-6-13)25(23,24)19-10-9-17(22)20-15-4-2-3-14(18)11-15/h2-8,11,19H,9-10H2,1H3,(H,20,22). The van der Waals surface area contributed by atoms with Crippen LogP contribution in [0.5, 0.6) is 0 Å². The molecule has 0 atom stereocenters. The number of benzene rings is 2. The third-order valence-electron chi connectivity index (χ3n) is 3.32. The number of sulfonamides is 1. The van der Waals surface area contributed by atoms with E-state index < -0.39 is 21.7 Å². The average molecular weight is 364 g/mol. The van der Waals surface area contributed by atoms with E-state index in [1.54, 1.807) is 0 Å². The van der Waals surface area contributed by atoms with E-state index in [2.05, 4.69) is 10.0 Å². The minimum Gasteiger partial charge on any atom is -0.326 e. The van der Waals surface area contributed by atoms with Crippen LogP contribution >= 0.6 is 0 Å². The Kier molecular flexibility index (Phi) is 6.00. The molecule has 2 aromatic rings. The monoisotopic (exact) mass is 364 g/mol. The van der Waals surface area contributed by atoms with Crippen molar-refractivity contribution in [3.05, 3.63) is 59.9 Å². The first-order valence-electron chi connectivity index (χ1n) is 7.44. The zero-order chi connectivity index (χ0) is 18.4. The Morgan fingerprint density at radius 2 is 1.76 bits per heavy atom. The summed E-state index contributed by atoms with van der Waals surface area (Å²) in [4.78, 5) is 23.0. The van der Waals surface area contributed by atoms with Crippen molar-refractivity contribution in [3.8, 4) is 0 Å². The fraction of sp³-hybridized carbons (Fsp3) is 0.176. The van der Waals surface area contributed by atoms with Gasteiger partial charge in [0.05, 0.1) is 4.90 Å². The van der Waals surface area contributed by atoms with Crippen LogP contribution in [0.25, 0.3) is 0 Å². The van der Waals surface area contributed by atoms with E-state index in [1.165, 1.54) is 55.5 Å². The molecule has 8 heteroatoms. The molecule has 0 fully saturated rings. The number of halogens is 1. The number of hydrogen-bond donors (Lipinski definition) is 2. The summed E-state index contributed by atoms with van der Waals surface area (Å²) in [6.45, 7) is 1.27. The molecule has 0 aliphatic rings. The molecule has 0 aliphatic heterocycles. The second-order valence-corrected chi connectivity index (χ2v) is 7.05. The third-order valence-corrected chi connectivity index (χ3v) is 4.80. The van der Waals surface area contributed by atoms with Crippen LogP contribution in [0.4, 0.5) is 10.1 Å². The zero-order valence-corrected chi connectivity index (χ0v) is 14.3. The Bertz CT molecular complexity index is 880. The summed E-state index contributed by atoms with van der Waals surface area (Å²) in [7, 11) is -3.78. The summed E-state index contributed by atoms with van der Waals surface area (Å²) in [5, 5.41) is 2.48. The van der Waals surface area contributed by atoms with E-state index in [4.69, 9.17) is 0 Å². The number of hydrogen-bond acceptors (Lipinski definition) is 4. The summed E-state index contributed by atoms with van der Waals surface area (Å²) >= 11 is 0. The van der Waals surface area contributed by atoms with Crippen LogP contribution < -0.4 is 10.0 Å². The van der Waals surface area contributed by atoms with Crippen molar-refractivity contribution in [3.63, 3.8) is 0 Å². The third kappa shape index (κ3) is 5.47. The minimum atomic E-state index is -3.78. The van der Waals surface area contributed by atoms with Crippen molar-refractivity contribution >= 4 is 27.4 Å². The number of Topliss-reactive ketones (excluding diaryl/α,β-unsaturated/α-hetero) is 1. The maximum Gasteiger partial charge on any atom is 0.240 e. The topological polar surface area (TPSA) is 92.3 Å². The SMILES string of the molecule is CC(=O)c1ccc(S(=O)(=O)NCCC(=O)Nc2cccc(F)c2)cc1. The Morgan fingerprint density at radius 3 is 2.36 bits per heavy atom. The number of amides is 1. The lowest BCUT2D eigenvalue weighted by Crippen LogP contribution is -2.27. The first-order valence-corrected chi connectivity index (χ1v) is 8.92. The lowest BCUT2D eigenvalue weighted by atomic mass is 10.2. The van der Waals surface area contributed by atoms with Gasteiger partial charge in [-0.3, -0.25) is 9.59 Å². The smallest absolute Gasteiger partial charge is 0.240 e. The summed E-state index contributed by atoms with van der Waals surface area (Å²) in [5.74, 6) is -1.08. The van der Waals surface area contributed by atoms with Crippen LogP contribution in [-0.2, 0) is 14.8 Å². The number of carbonyl (C=O) groups excluding carboxylic acids is 2. The van der Waals surface area contributed by atoms with Crippen LogP contribution in [0.15, 0.2) is 53.4 Å². The van der Waals surface area contributed by atoms with Gasteiger partial charge in [0.2, 0.25) is 15.9 Å². The maximum absolute atomic E-state index is 13.0. The molecule has 0 spiro atoms. The molecule has 0 unspecified atom stereocenters. The number of rotatable bonds is 7. The second kappa shape index (κ2) is 8.00. The molecule has 2 rings (SSSR count). The highest BCUT2D eigenvalue weighted by molar-refractivity contribution is 7.89. The van der Waals surface area contributed by atoms with Crippen molar-refractivity contribution in [1.29, 1.82) is 0 Å². The Morgan fingerprint density at radius 1 is 1.08 bits per heavy atom. The lowest BCUT2D eigenvalue weighted by molar-refractivity contribution is -0.116. The number of anilines is 1. The lowest BCUT2D eigenvalue weighted by Gasteiger charge is -2.08. The molecule has 0 radical (unpaired) electrons. The Balaban J connectivity index is 1.89. The molecule has 6 nitrogen and oxygen atoms in total. The van der Waals surface area contributed by atoms with E-state index in [0.717, 1.165) is 0 Å². The van der Waals surface area contributed by atoms with Gasteiger partial charge in [0, 0.05) is 24.2 Å². The summed E-state index contributed by atoms with van der Waals surface area (Å²) in [6.07, 6.45) is -0.110. The number of nitrogens with one attached hydrogen (secondary N) is 2. The van der Waals surface area contributed by atoms with Gasteiger partial charge in [0.1, 0.15) is 5.82 Å². The molecule has 132 valence electrons. The fourth-order valence-corrected chi connectivity index (χ4v) is 3.07. The van der Waals surface area contributed by atoms with Gasteiger partial charge >= 0.3 is 0 Å².